The molecule has 0 saturated heterocycles. The summed E-state index contributed by atoms with van der Waals surface area (Å²) in [5, 5.41) is 8.07. The Labute approximate surface area is 51.4 Å². The van der Waals surface area contributed by atoms with Crippen LogP contribution >= 0.6 is 0 Å². The molecule has 0 bridgehead atoms. The molecule has 0 aliphatic rings. The van der Waals surface area contributed by atoms with Gasteiger partial charge in [0.1, 0.15) is 0 Å². The van der Waals surface area contributed by atoms with E-state index in [4.69, 9.17) is 5.11 Å². The first-order chi connectivity index (χ1) is 3.42. The van der Waals surface area contributed by atoms with E-state index in [1.54, 1.807) is 0 Å². The van der Waals surface area contributed by atoms with Crippen molar-refractivity contribution in [1.29, 1.82) is 0 Å². The molecule has 0 aromatic heterocycles. The molecule has 4 heteroatoms. The van der Waals surface area contributed by atoms with Gasteiger partial charge in [0.2, 0.25) is 0 Å². The molecular weight excluding hydrogens is 169 g/mol. The third-order valence-electron chi connectivity index (χ3n) is 0.393. The van der Waals surface area contributed by atoms with Crippen molar-refractivity contribution in [2.45, 2.75) is 17.3 Å². The number of hydrogen-bond donors (Lipinski definition) is 1. The zero-order valence-electron chi connectivity index (χ0n) is 5.26. The molecule has 0 saturated carbocycles. The van der Waals surface area contributed by atoms with Crippen LogP contribution in [0.15, 0.2) is 0 Å². The average molecular weight is 179 g/mol. The number of carboxylic acid groups (broad SMARTS) is 1. The van der Waals surface area contributed by atoms with Gasteiger partial charge in [-0.25, -0.2) is 0 Å². The molecule has 0 amide bonds. The molecule has 0 fully saturated rings. The zero-order valence-corrected chi connectivity index (χ0v) is 7.36. The van der Waals surface area contributed by atoms with Gasteiger partial charge in [-0.05, 0) is 0 Å². The summed E-state index contributed by atoms with van der Waals surface area (Å²) in [6, 6.07) is 0. The first kappa shape index (κ1) is 7.81. The monoisotopic (exact) mass is 180 g/mol. The molecule has 8 heavy (non-hydrogen) atoms. The molecule has 1 N–H and O–H groups in total. The number of rotatable bonds is 1. The van der Waals surface area contributed by atoms with Gasteiger partial charge in [-0.15, -0.1) is 0 Å². The standard InChI is InChI=1S/C4H10GeO3/c1-5(2,3)8-4(6)7/h1-3H3,(H,6,7). The predicted molar refractivity (Wildman–Crippen MR) is 32.5 cm³/mol. The van der Waals surface area contributed by atoms with Crippen LogP contribution in [0.3, 0.4) is 0 Å². The van der Waals surface area contributed by atoms with Crippen LogP contribution in [0.2, 0.25) is 17.3 Å². The summed E-state index contributed by atoms with van der Waals surface area (Å²) >= 11 is -2.25. The molecule has 0 atom stereocenters. The van der Waals surface area contributed by atoms with Gasteiger partial charge in [0.15, 0.2) is 0 Å². The van der Waals surface area contributed by atoms with Gasteiger partial charge in [-0.3, -0.25) is 0 Å². The molecule has 0 rings (SSSR count). The van der Waals surface area contributed by atoms with Crippen LogP contribution in [-0.4, -0.2) is 24.9 Å². The number of hydrogen-bond acceptors (Lipinski definition) is 2. The van der Waals surface area contributed by atoms with Gasteiger partial charge in [-0.2, -0.15) is 0 Å². The predicted octanol–water partition coefficient (Wildman–Crippen LogP) is 1.52. The van der Waals surface area contributed by atoms with Crippen molar-refractivity contribution in [3.8, 4) is 0 Å². The first-order valence-electron chi connectivity index (χ1n) is 2.34. The van der Waals surface area contributed by atoms with E-state index in [9.17, 15) is 4.79 Å². The summed E-state index contributed by atoms with van der Waals surface area (Å²) in [4.78, 5) is 9.84. The summed E-state index contributed by atoms with van der Waals surface area (Å²) in [7, 11) is 0. The maximum atomic E-state index is 9.84. The molecule has 0 unspecified atom stereocenters. The van der Waals surface area contributed by atoms with Gasteiger partial charge in [-0.1, -0.05) is 0 Å². The Morgan fingerprint density at radius 1 is 1.50 bits per heavy atom. The Balaban J connectivity index is 3.55. The van der Waals surface area contributed by atoms with Crippen LogP contribution in [0.1, 0.15) is 0 Å². The van der Waals surface area contributed by atoms with Crippen molar-refractivity contribution < 1.29 is 13.7 Å². The van der Waals surface area contributed by atoms with E-state index in [0.717, 1.165) is 0 Å². The van der Waals surface area contributed by atoms with Gasteiger partial charge < -0.3 is 0 Å². The van der Waals surface area contributed by atoms with Crippen molar-refractivity contribution in [2.75, 3.05) is 0 Å². The molecule has 3 nitrogen and oxygen atoms in total. The van der Waals surface area contributed by atoms with Gasteiger partial charge >= 0.3 is 50.7 Å². The minimum absolute atomic E-state index is 1.14. The second-order valence-electron chi connectivity index (χ2n) is 2.48. The summed E-state index contributed by atoms with van der Waals surface area (Å²) < 4.78 is 4.54. The van der Waals surface area contributed by atoms with Gasteiger partial charge in [0.25, 0.3) is 0 Å². The van der Waals surface area contributed by atoms with Crippen LogP contribution in [0, 0.1) is 0 Å². The van der Waals surface area contributed by atoms with E-state index in [2.05, 4.69) is 3.76 Å². The van der Waals surface area contributed by atoms with Crippen molar-refractivity contribution in [2.24, 2.45) is 0 Å². The minimum atomic E-state index is -2.25. The van der Waals surface area contributed by atoms with E-state index >= 15 is 0 Å². The SMILES string of the molecule is [CH3][Ge]([CH3])([CH3])[O]C(=O)O. The Bertz CT molecular complexity index is 93.9. The van der Waals surface area contributed by atoms with Crippen molar-refractivity contribution in [3.63, 3.8) is 0 Å². The second kappa shape index (κ2) is 2.39. The second-order valence-corrected chi connectivity index (χ2v) is 11.8. The molecule has 0 aromatic carbocycles. The first-order valence-corrected chi connectivity index (χ1v) is 9.49. The normalized spacial score (nSPS) is 10.9. The fourth-order valence-electron chi connectivity index (χ4n) is 0.262. The van der Waals surface area contributed by atoms with E-state index in [1.165, 1.54) is 0 Å². The molecule has 0 aliphatic heterocycles. The fourth-order valence-corrected chi connectivity index (χ4v) is 1.36. The molecule has 48 valence electrons. The third kappa shape index (κ3) is 5.81. The van der Waals surface area contributed by atoms with E-state index in [0.29, 0.717) is 0 Å². The molecule has 0 aromatic rings. The molecule has 0 radical (unpaired) electrons. The topological polar surface area (TPSA) is 46.5 Å². The average Bonchev–Trinajstić information content (AvgIpc) is 1.21. The summed E-state index contributed by atoms with van der Waals surface area (Å²) in [5.41, 5.74) is 0. The number of carbonyl (C=O) groups is 1. The summed E-state index contributed by atoms with van der Waals surface area (Å²) in [5.74, 6) is 5.61. The summed E-state index contributed by atoms with van der Waals surface area (Å²) in [6.45, 7) is 0. The van der Waals surface area contributed by atoms with Crippen molar-refractivity contribution in [3.05, 3.63) is 0 Å². The van der Waals surface area contributed by atoms with E-state index in [1.807, 2.05) is 17.3 Å². The van der Waals surface area contributed by atoms with Crippen molar-refractivity contribution in [1.82, 2.24) is 0 Å². The molecule has 0 spiro atoms. The zero-order chi connectivity index (χ0) is 6.78. The van der Waals surface area contributed by atoms with Gasteiger partial charge in [0.05, 0.1) is 0 Å². The van der Waals surface area contributed by atoms with Crippen LogP contribution in [-0.2, 0) is 3.76 Å². The summed E-state index contributed by atoms with van der Waals surface area (Å²) in [6.07, 6.45) is -1.14. The van der Waals surface area contributed by atoms with E-state index in [-0.39, 0.29) is 0 Å². The van der Waals surface area contributed by atoms with Crippen LogP contribution < -0.4 is 0 Å². The Hall–Kier alpha value is -0.187. The van der Waals surface area contributed by atoms with Crippen LogP contribution in [0.5, 0.6) is 0 Å². The Kier molecular flexibility index (Phi) is 2.33. The van der Waals surface area contributed by atoms with E-state index < -0.39 is 19.8 Å². The quantitative estimate of drug-likeness (QED) is 0.620. The molecule has 0 aliphatic carbocycles. The van der Waals surface area contributed by atoms with Crippen LogP contribution in [0.25, 0.3) is 0 Å². The molecule has 0 heterocycles. The van der Waals surface area contributed by atoms with Crippen molar-refractivity contribution >= 4 is 19.8 Å². The fraction of sp³-hybridized carbons (Fsp3) is 0.750. The Morgan fingerprint density at radius 2 is 1.88 bits per heavy atom. The van der Waals surface area contributed by atoms with Crippen LogP contribution in [0.4, 0.5) is 4.79 Å². The third-order valence-corrected chi connectivity index (χ3v) is 2.04. The van der Waals surface area contributed by atoms with Gasteiger partial charge in [0, 0.05) is 0 Å². The molecular formula is C4H10GeO3. The Morgan fingerprint density at radius 3 is 1.88 bits per heavy atom. The maximum absolute atomic E-state index is 9.84.